The molecule has 3 heterocycles. The fourth-order valence-electron chi connectivity index (χ4n) is 3.60. The maximum Gasteiger partial charge on any atom is 0.312 e. The third-order valence-corrected chi connectivity index (χ3v) is 8.88. The van der Waals surface area contributed by atoms with Gasteiger partial charge in [-0.05, 0) is 59.3 Å². The standard InChI is InChI=1S/C22H21IN6O4S2/c1-13-2-4-15(5-3-13)35(30,31)33-27-7-8-29-21-19(20(24)25-12-26-21)28-22(29)34-18-11-17-14(6-9-32-17)10-16(18)23/h2-5,10-12,27H,6-9H2,1H3,(H2,24,25,26). The number of nitrogens with two attached hydrogens (primary N) is 1. The molecule has 5 rings (SSSR count). The van der Waals surface area contributed by atoms with E-state index in [1.165, 1.54) is 35.8 Å². The quantitative estimate of drug-likeness (QED) is 0.171. The molecule has 0 amide bonds. The molecule has 0 atom stereocenters. The molecular weight excluding hydrogens is 603 g/mol. The summed E-state index contributed by atoms with van der Waals surface area (Å²) in [6, 6.07) is 10.6. The summed E-state index contributed by atoms with van der Waals surface area (Å²) in [5.74, 6) is 1.15. The lowest BCUT2D eigenvalue weighted by atomic mass is 10.2. The zero-order valence-corrected chi connectivity index (χ0v) is 22.4. The summed E-state index contributed by atoms with van der Waals surface area (Å²) >= 11 is 3.76. The van der Waals surface area contributed by atoms with Crippen molar-refractivity contribution in [2.75, 3.05) is 18.9 Å². The lowest BCUT2D eigenvalue weighted by Crippen LogP contribution is -2.24. The minimum absolute atomic E-state index is 0.0776. The number of nitrogens with one attached hydrogen (secondary N) is 1. The number of fused-ring (bicyclic) bond motifs is 2. The van der Waals surface area contributed by atoms with E-state index in [9.17, 15) is 8.42 Å². The van der Waals surface area contributed by atoms with Crippen molar-refractivity contribution >= 4 is 61.5 Å². The molecule has 0 spiro atoms. The van der Waals surface area contributed by atoms with Gasteiger partial charge in [0, 0.05) is 28.0 Å². The number of nitrogens with zero attached hydrogens (tertiary/aromatic N) is 4. The summed E-state index contributed by atoms with van der Waals surface area (Å²) in [6.45, 7) is 3.07. The van der Waals surface area contributed by atoms with E-state index in [1.54, 1.807) is 12.1 Å². The second kappa shape index (κ2) is 9.89. The van der Waals surface area contributed by atoms with Crippen LogP contribution in [0.15, 0.2) is 57.7 Å². The van der Waals surface area contributed by atoms with E-state index in [4.69, 9.17) is 14.8 Å². The average Bonchev–Trinajstić information content (AvgIpc) is 3.42. The van der Waals surface area contributed by atoms with E-state index in [0.717, 1.165) is 26.2 Å². The number of nitrogen functional groups attached to an aromatic ring is 1. The highest BCUT2D eigenvalue weighted by molar-refractivity contribution is 14.1. The first-order chi connectivity index (χ1) is 16.8. The monoisotopic (exact) mass is 624 g/mol. The van der Waals surface area contributed by atoms with Gasteiger partial charge in [-0.25, -0.2) is 15.0 Å². The zero-order chi connectivity index (χ0) is 24.6. The topological polar surface area (TPSA) is 134 Å². The minimum atomic E-state index is -3.94. The molecule has 0 saturated heterocycles. The van der Waals surface area contributed by atoms with Gasteiger partial charge in [-0.2, -0.15) is 18.2 Å². The lowest BCUT2D eigenvalue weighted by Gasteiger charge is -2.11. The van der Waals surface area contributed by atoms with Gasteiger partial charge in [0.2, 0.25) is 0 Å². The third-order valence-electron chi connectivity index (χ3n) is 5.39. The van der Waals surface area contributed by atoms with Crippen LogP contribution in [0.25, 0.3) is 11.2 Å². The van der Waals surface area contributed by atoms with Gasteiger partial charge in [0.1, 0.15) is 12.1 Å². The van der Waals surface area contributed by atoms with Crippen LogP contribution in [0.3, 0.4) is 0 Å². The van der Waals surface area contributed by atoms with Gasteiger partial charge in [-0.3, -0.25) is 0 Å². The number of halogens is 1. The van der Waals surface area contributed by atoms with Crippen molar-refractivity contribution in [3.63, 3.8) is 0 Å². The summed E-state index contributed by atoms with van der Waals surface area (Å²) in [5.41, 5.74) is 11.8. The number of hydroxylamine groups is 1. The van der Waals surface area contributed by atoms with Crippen LogP contribution in [0.5, 0.6) is 5.75 Å². The number of imidazole rings is 1. The summed E-state index contributed by atoms with van der Waals surface area (Å²) in [5, 5.41) is 0.645. The minimum Gasteiger partial charge on any atom is -0.493 e. The molecule has 1 aliphatic heterocycles. The first kappa shape index (κ1) is 24.2. The fourth-order valence-corrected chi connectivity index (χ4v) is 6.21. The van der Waals surface area contributed by atoms with Gasteiger partial charge in [0.05, 0.1) is 11.5 Å². The number of aromatic nitrogens is 4. The van der Waals surface area contributed by atoms with E-state index in [1.807, 2.05) is 17.6 Å². The molecule has 10 nitrogen and oxygen atoms in total. The van der Waals surface area contributed by atoms with Crippen LogP contribution >= 0.6 is 34.4 Å². The Labute approximate surface area is 219 Å². The predicted octanol–water partition coefficient (Wildman–Crippen LogP) is 3.32. The SMILES string of the molecule is Cc1ccc(S(=O)(=O)ONCCn2c(Sc3cc4c(cc3I)CCO4)nc3c(N)ncnc32)cc1. The summed E-state index contributed by atoms with van der Waals surface area (Å²) in [7, 11) is -3.94. The Balaban J connectivity index is 1.36. The number of anilines is 1. The van der Waals surface area contributed by atoms with Gasteiger partial charge < -0.3 is 15.0 Å². The van der Waals surface area contributed by atoms with E-state index in [0.29, 0.717) is 29.5 Å². The second-order valence-electron chi connectivity index (χ2n) is 7.81. The largest absolute Gasteiger partial charge is 0.493 e. The van der Waals surface area contributed by atoms with Gasteiger partial charge in [0.15, 0.2) is 22.1 Å². The Bertz CT molecular complexity index is 1510. The van der Waals surface area contributed by atoms with E-state index < -0.39 is 10.1 Å². The maximum absolute atomic E-state index is 12.4. The molecule has 2 aromatic heterocycles. The second-order valence-corrected chi connectivity index (χ2v) is 11.5. The van der Waals surface area contributed by atoms with Crippen LogP contribution in [-0.4, -0.2) is 41.1 Å². The first-order valence-electron chi connectivity index (χ1n) is 10.6. The molecule has 182 valence electrons. The van der Waals surface area contributed by atoms with Gasteiger partial charge >= 0.3 is 10.1 Å². The average molecular weight is 624 g/mol. The summed E-state index contributed by atoms with van der Waals surface area (Å²) in [4.78, 5) is 14.1. The van der Waals surface area contributed by atoms with Crippen molar-refractivity contribution in [3.05, 3.63) is 57.4 Å². The molecule has 0 aliphatic carbocycles. The van der Waals surface area contributed by atoms with Gasteiger partial charge in [-0.15, -0.1) is 0 Å². The number of benzene rings is 2. The van der Waals surface area contributed by atoms with Crippen LogP contribution in [0.1, 0.15) is 11.1 Å². The van der Waals surface area contributed by atoms with E-state index in [2.05, 4.69) is 49.1 Å². The molecule has 2 aromatic carbocycles. The van der Waals surface area contributed by atoms with E-state index >= 15 is 0 Å². The molecule has 13 heteroatoms. The molecule has 0 unspecified atom stereocenters. The van der Waals surface area contributed by atoms with E-state index in [-0.39, 0.29) is 17.3 Å². The van der Waals surface area contributed by atoms with Gasteiger partial charge in [-0.1, -0.05) is 29.5 Å². The highest BCUT2D eigenvalue weighted by atomic mass is 127. The Kier molecular flexibility index (Phi) is 6.85. The highest BCUT2D eigenvalue weighted by Crippen LogP contribution is 2.38. The molecule has 0 bridgehead atoms. The summed E-state index contributed by atoms with van der Waals surface area (Å²) in [6.07, 6.45) is 2.28. The van der Waals surface area contributed by atoms with Crippen molar-refractivity contribution in [2.24, 2.45) is 0 Å². The molecule has 4 aromatic rings. The maximum atomic E-state index is 12.4. The Morgan fingerprint density at radius 2 is 2.06 bits per heavy atom. The Hall–Kier alpha value is -2.46. The van der Waals surface area contributed by atoms with Crippen molar-refractivity contribution in [3.8, 4) is 5.75 Å². The van der Waals surface area contributed by atoms with Crippen LogP contribution in [0, 0.1) is 10.5 Å². The Morgan fingerprint density at radius 3 is 2.86 bits per heavy atom. The molecule has 35 heavy (non-hydrogen) atoms. The van der Waals surface area contributed by atoms with Crippen LogP contribution < -0.4 is 16.0 Å². The normalized spacial score (nSPS) is 13.2. The highest BCUT2D eigenvalue weighted by Gasteiger charge is 2.21. The number of hydrogen-bond donors (Lipinski definition) is 2. The fraction of sp³-hybridized carbons (Fsp3) is 0.227. The molecule has 3 N–H and O–H groups in total. The zero-order valence-electron chi connectivity index (χ0n) is 18.6. The third kappa shape index (κ3) is 5.09. The molecule has 0 radical (unpaired) electrons. The number of hydrogen-bond acceptors (Lipinski definition) is 10. The number of rotatable bonds is 8. The van der Waals surface area contributed by atoms with Crippen LogP contribution in [0.4, 0.5) is 5.82 Å². The number of aryl methyl sites for hydroxylation is 1. The Morgan fingerprint density at radius 1 is 1.26 bits per heavy atom. The summed E-state index contributed by atoms with van der Waals surface area (Å²) < 4.78 is 38.6. The predicted molar refractivity (Wildman–Crippen MR) is 140 cm³/mol. The molecule has 1 aliphatic rings. The van der Waals surface area contributed by atoms with Crippen molar-refractivity contribution in [1.82, 2.24) is 25.0 Å². The van der Waals surface area contributed by atoms with Crippen molar-refractivity contribution in [2.45, 2.75) is 34.8 Å². The number of ether oxygens (including phenoxy) is 1. The lowest BCUT2D eigenvalue weighted by molar-refractivity contribution is 0.199. The first-order valence-corrected chi connectivity index (χ1v) is 13.9. The molecule has 0 fully saturated rings. The van der Waals surface area contributed by atoms with Crippen LogP contribution in [-0.2, 0) is 27.4 Å². The molecular formula is C22H21IN6O4S2. The van der Waals surface area contributed by atoms with Gasteiger partial charge in [0.25, 0.3) is 0 Å². The smallest absolute Gasteiger partial charge is 0.312 e. The van der Waals surface area contributed by atoms with Crippen LogP contribution in [0.2, 0.25) is 0 Å². The van der Waals surface area contributed by atoms with Crippen molar-refractivity contribution in [1.29, 1.82) is 0 Å². The van der Waals surface area contributed by atoms with Crippen molar-refractivity contribution < 1.29 is 17.4 Å². The molecule has 0 saturated carbocycles.